The van der Waals surface area contributed by atoms with Crippen molar-refractivity contribution in [1.82, 2.24) is 10.2 Å². The van der Waals surface area contributed by atoms with Gasteiger partial charge in [0.1, 0.15) is 5.76 Å². The second-order valence-electron chi connectivity index (χ2n) is 4.84. The fraction of sp³-hybridized carbons (Fsp3) is 0.188. The first-order valence-electron chi connectivity index (χ1n) is 7.01. The van der Waals surface area contributed by atoms with Crippen LogP contribution in [0.5, 0.6) is 0 Å². The summed E-state index contributed by atoms with van der Waals surface area (Å²) in [7, 11) is 1.30. The average molecular weight is 365 g/mol. The fourth-order valence-corrected chi connectivity index (χ4v) is 2.94. The maximum absolute atomic E-state index is 11.4. The van der Waals surface area contributed by atoms with Crippen LogP contribution in [0.15, 0.2) is 50.5 Å². The number of rotatable bonds is 5. The van der Waals surface area contributed by atoms with Crippen molar-refractivity contribution in [3.63, 3.8) is 0 Å². The van der Waals surface area contributed by atoms with E-state index in [4.69, 9.17) is 20.4 Å². The van der Waals surface area contributed by atoms with Crippen molar-refractivity contribution in [1.29, 1.82) is 0 Å². The number of halogens is 1. The average Bonchev–Trinajstić information content (AvgIpc) is 3.23. The van der Waals surface area contributed by atoms with Crippen LogP contribution in [-0.2, 0) is 4.74 Å². The highest BCUT2D eigenvalue weighted by molar-refractivity contribution is 7.99. The van der Waals surface area contributed by atoms with Crippen molar-refractivity contribution in [2.45, 2.75) is 17.4 Å². The molecule has 0 aliphatic carbocycles. The monoisotopic (exact) mass is 364 g/mol. The molecule has 3 aromatic rings. The maximum Gasteiger partial charge on any atom is 0.373 e. The Balaban J connectivity index is 1.72. The smallest absolute Gasteiger partial charge is 0.373 e. The van der Waals surface area contributed by atoms with E-state index >= 15 is 0 Å². The summed E-state index contributed by atoms with van der Waals surface area (Å²) >= 11 is 7.29. The van der Waals surface area contributed by atoms with Gasteiger partial charge in [-0.25, -0.2) is 4.79 Å². The molecule has 2 heterocycles. The van der Waals surface area contributed by atoms with Gasteiger partial charge in [-0.05, 0) is 37.3 Å². The lowest BCUT2D eigenvalue weighted by molar-refractivity contribution is 0.0563. The zero-order valence-electron chi connectivity index (χ0n) is 12.9. The van der Waals surface area contributed by atoms with Crippen LogP contribution in [0.4, 0.5) is 0 Å². The lowest BCUT2D eigenvalue weighted by atomic mass is 10.2. The van der Waals surface area contributed by atoms with Crippen molar-refractivity contribution >= 4 is 29.3 Å². The van der Waals surface area contributed by atoms with Gasteiger partial charge in [-0.2, -0.15) is 0 Å². The maximum atomic E-state index is 11.4. The molecule has 0 aliphatic heterocycles. The lowest BCUT2D eigenvalue weighted by Crippen LogP contribution is -1.98. The Morgan fingerprint density at radius 2 is 2.08 bits per heavy atom. The zero-order chi connectivity index (χ0) is 17.1. The minimum atomic E-state index is -0.514. The van der Waals surface area contributed by atoms with Gasteiger partial charge >= 0.3 is 5.97 Å². The van der Waals surface area contributed by atoms with E-state index in [0.29, 0.717) is 21.9 Å². The summed E-state index contributed by atoms with van der Waals surface area (Å²) in [6.45, 7) is 1.91. The van der Waals surface area contributed by atoms with E-state index in [1.165, 1.54) is 18.9 Å². The highest BCUT2D eigenvalue weighted by Crippen LogP contribution is 2.36. The number of nitrogens with zero attached hydrogens (tertiary/aromatic N) is 2. The molecule has 0 radical (unpaired) electrons. The highest BCUT2D eigenvalue weighted by atomic mass is 35.5. The molecule has 0 fully saturated rings. The largest absolute Gasteiger partial charge is 0.463 e. The molecule has 3 rings (SSSR count). The van der Waals surface area contributed by atoms with Gasteiger partial charge in [0.05, 0.1) is 12.4 Å². The Labute approximate surface area is 147 Å². The number of carbonyl (C=O) groups is 1. The van der Waals surface area contributed by atoms with Crippen molar-refractivity contribution in [3.05, 3.63) is 52.9 Å². The van der Waals surface area contributed by atoms with E-state index in [0.717, 1.165) is 5.56 Å². The van der Waals surface area contributed by atoms with Crippen LogP contribution in [0, 0.1) is 0 Å². The van der Waals surface area contributed by atoms with Crippen LogP contribution in [0.2, 0.25) is 5.02 Å². The van der Waals surface area contributed by atoms with Gasteiger partial charge in [-0.1, -0.05) is 29.4 Å². The van der Waals surface area contributed by atoms with E-state index in [2.05, 4.69) is 14.9 Å². The SMILES string of the molecule is COC(=O)c1ccc(C(C)Sc2nnc(-c3cccc(Cl)c3)o2)o1. The normalized spacial score (nSPS) is 12.1. The number of benzene rings is 1. The number of hydrogen-bond donors (Lipinski definition) is 0. The van der Waals surface area contributed by atoms with Crippen LogP contribution in [0.3, 0.4) is 0 Å². The van der Waals surface area contributed by atoms with E-state index in [-0.39, 0.29) is 11.0 Å². The quantitative estimate of drug-likeness (QED) is 0.482. The van der Waals surface area contributed by atoms with E-state index in [1.807, 2.05) is 19.1 Å². The van der Waals surface area contributed by atoms with Crippen molar-refractivity contribution in [2.75, 3.05) is 7.11 Å². The third-order valence-electron chi connectivity index (χ3n) is 3.17. The Morgan fingerprint density at radius 1 is 1.25 bits per heavy atom. The summed E-state index contributed by atoms with van der Waals surface area (Å²) in [6.07, 6.45) is 0. The van der Waals surface area contributed by atoms with E-state index in [9.17, 15) is 4.79 Å². The fourth-order valence-electron chi connectivity index (χ4n) is 1.99. The van der Waals surface area contributed by atoms with Gasteiger partial charge in [0.2, 0.25) is 11.7 Å². The minimum absolute atomic E-state index is 0.115. The molecule has 24 heavy (non-hydrogen) atoms. The predicted octanol–water partition coefficient (Wildman–Crippen LogP) is 4.62. The van der Waals surface area contributed by atoms with Crippen LogP contribution in [0.25, 0.3) is 11.5 Å². The summed E-state index contributed by atoms with van der Waals surface area (Å²) < 4.78 is 15.7. The summed E-state index contributed by atoms with van der Waals surface area (Å²) in [6, 6.07) is 10.5. The molecule has 2 aromatic heterocycles. The highest BCUT2D eigenvalue weighted by Gasteiger charge is 2.19. The lowest BCUT2D eigenvalue weighted by Gasteiger charge is -2.04. The number of methoxy groups -OCH3 is 1. The summed E-state index contributed by atoms with van der Waals surface area (Å²) in [5.41, 5.74) is 0.750. The Kier molecular flexibility index (Phi) is 4.92. The number of carbonyl (C=O) groups excluding carboxylic acids is 1. The number of furan rings is 1. The first-order valence-corrected chi connectivity index (χ1v) is 8.26. The number of ether oxygens (including phenoxy) is 1. The van der Waals surface area contributed by atoms with Gasteiger partial charge in [0, 0.05) is 10.6 Å². The number of hydrogen-bond acceptors (Lipinski definition) is 7. The third-order valence-corrected chi connectivity index (χ3v) is 4.36. The molecule has 0 saturated carbocycles. The minimum Gasteiger partial charge on any atom is -0.463 e. The standard InChI is InChI=1S/C16H13ClN2O4S/c1-9(12-6-7-13(22-12)15(20)21-2)24-16-19-18-14(23-16)10-4-3-5-11(17)8-10/h3-9H,1-2H3. The molecule has 0 amide bonds. The van der Waals surface area contributed by atoms with Gasteiger partial charge in [0.15, 0.2) is 0 Å². The molecule has 0 spiro atoms. The van der Waals surface area contributed by atoms with Crippen LogP contribution < -0.4 is 0 Å². The topological polar surface area (TPSA) is 78.4 Å². The first kappa shape index (κ1) is 16.6. The van der Waals surface area contributed by atoms with Gasteiger partial charge in [0.25, 0.3) is 5.22 Å². The Morgan fingerprint density at radius 3 is 2.83 bits per heavy atom. The zero-order valence-corrected chi connectivity index (χ0v) is 14.4. The number of thioether (sulfide) groups is 1. The van der Waals surface area contributed by atoms with Crippen LogP contribution in [-0.4, -0.2) is 23.3 Å². The molecular formula is C16H13ClN2O4S. The molecule has 0 bridgehead atoms. The second-order valence-corrected chi connectivity index (χ2v) is 6.57. The molecule has 0 N–H and O–H groups in total. The number of esters is 1. The molecule has 8 heteroatoms. The van der Waals surface area contributed by atoms with Crippen molar-refractivity contribution in [3.8, 4) is 11.5 Å². The second kappa shape index (κ2) is 7.11. The molecule has 0 aliphatic rings. The van der Waals surface area contributed by atoms with E-state index < -0.39 is 5.97 Å². The van der Waals surface area contributed by atoms with Gasteiger partial charge in [-0.3, -0.25) is 0 Å². The Bertz CT molecular complexity index is 861. The van der Waals surface area contributed by atoms with Crippen LogP contribution in [0.1, 0.15) is 28.5 Å². The molecule has 1 unspecified atom stereocenters. The Hall–Kier alpha value is -2.25. The molecule has 124 valence electrons. The summed E-state index contributed by atoms with van der Waals surface area (Å²) in [5, 5.41) is 8.91. The summed E-state index contributed by atoms with van der Waals surface area (Å²) in [5.74, 6) is 0.648. The van der Waals surface area contributed by atoms with Crippen molar-refractivity contribution < 1.29 is 18.4 Å². The molecule has 6 nitrogen and oxygen atoms in total. The molecule has 0 saturated heterocycles. The van der Waals surface area contributed by atoms with Gasteiger partial charge in [-0.15, -0.1) is 10.2 Å². The van der Waals surface area contributed by atoms with E-state index in [1.54, 1.807) is 24.3 Å². The van der Waals surface area contributed by atoms with Crippen molar-refractivity contribution in [2.24, 2.45) is 0 Å². The van der Waals surface area contributed by atoms with Gasteiger partial charge < -0.3 is 13.6 Å². The third kappa shape index (κ3) is 3.63. The summed E-state index contributed by atoms with van der Waals surface area (Å²) in [4.78, 5) is 11.4. The number of aromatic nitrogens is 2. The molecular weight excluding hydrogens is 352 g/mol. The van der Waals surface area contributed by atoms with Crippen LogP contribution >= 0.6 is 23.4 Å². The molecule has 1 aromatic carbocycles. The first-order chi connectivity index (χ1) is 11.6. The molecule has 1 atom stereocenters. The predicted molar refractivity (Wildman–Crippen MR) is 89.1 cm³/mol.